The number of nitrogen functional groups attached to an aromatic ring is 1. The van der Waals surface area contributed by atoms with Crippen LogP contribution < -0.4 is 10.5 Å². The van der Waals surface area contributed by atoms with Crippen molar-refractivity contribution < 1.29 is 4.74 Å². The SMILES string of the molecule is CC1CC(C)c2cc(N)ccc2O1. The molecule has 0 bridgehead atoms. The van der Waals surface area contributed by atoms with Crippen LogP contribution >= 0.6 is 0 Å². The van der Waals surface area contributed by atoms with Crippen LogP contribution in [0.15, 0.2) is 18.2 Å². The van der Waals surface area contributed by atoms with Gasteiger partial charge in [0, 0.05) is 5.69 Å². The maximum Gasteiger partial charge on any atom is 0.123 e. The number of benzene rings is 1. The smallest absolute Gasteiger partial charge is 0.123 e. The minimum atomic E-state index is 0.325. The van der Waals surface area contributed by atoms with E-state index in [9.17, 15) is 0 Å². The quantitative estimate of drug-likeness (QED) is 0.618. The summed E-state index contributed by atoms with van der Waals surface area (Å²) in [6.07, 6.45) is 1.40. The van der Waals surface area contributed by atoms with Crippen molar-refractivity contribution in [3.8, 4) is 5.75 Å². The first-order chi connectivity index (χ1) is 6.16. The Bertz CT molecular complexity index is 322. The Labute approximate surface area is 78.7 Å². The van der Waals surface area contributed by atoms with Gasteiger partial charge in [-0.25, -0.2) is 0 Å². The van der Waals surface area contributed by atoms with Crippen LogP contribution in [0.2, 0.25) is 0 Å². The maximum atomic E-state index is 5.72. The van der Waals surface area contributed by atoms with Crippen molar-refractivity contribution in [3.63, 3.8) is 0 Å². The molecule has 1 aliphatic heterocycles. The fraction of sp³-hybridized carbons (Fsp3) is 0.455. The van der Waals surface area contributed by atoms with Gasteiger partial charge in [0.25, 0.3) is 0 Å². The Hall–Kier alpha value is -1.18. The Balaban J connectivity index is 2.43. The van der Waals surface area contributed by atoms with Crippen LogP contribution in [0, 0.1) is 0 Å². The first kappa shape index (κ1) is 8.42. The van der Waals surface area contributed by atoms with Gasteiger partial charge in [-0.2, -0.15) is 0 Å². The van der Waals surface area contributed by atoms with E-state index in [0.717, 1.165) is 17.9 Å². The summed E-state index contributed by atoms with van der Waals surface area (Å²) < 4.78 is 5.70. The molecular weight excluding hydrogens is 162 g/mol. The summed E-state index contributed by atoms with van der Waals surface area (Å²) in [6, 6.07) is 5.88. The van der Waals surface area contributed by atoms with Crippen molar-refractivity contribution in [2.45, 2.75) is 32.3 Å². The molecule has 2 nitrogen and oxygen atoms in total. The van der Waals surface area contributed by atoms with E-state index < -0.39 is 0 Å². The van der Waals surface area contributed by atoms with Gasteiger partial charge in [0.05, 0.1) is 6.10 Å². The molecule has 13 heavy (non-hydrogen) atoms. The van der Waals surface area contributed by atoms with Crippen molar-refractivity contribution in [1.82, 2.24) is 0 Å². The highest BCUT2D eigenvalue weighted by Gasteiger charge is 2.22. The molecule has 70 valence electrons. The highest BCUT2D eigenvalue weighted by molar-refractivity contribution is 5.50. The number of anilines is 1. The minimum absolute atomic E-state index is 0.325. The summed E-state index contributed by atoms with van der Waals surface area (Å²) in [5.41, 5.74) is 7.79. The van der Waals surface area contributed by atoms with Gasteiger partial charge in [-0.1, -0.05) is 6.92 Å². The first-order valence-electron chi connectivity index (χ1n) is 4.73. The lowest BCUT2D eigenvalue weighted by Crippen LogP contribution is -2.21. The summed E-state index contributed by atoms with van der Waals surface area (Å²) >= 11 is 0. The van der Waals surface area contributed by atoms with E-state index in [-0.39, 0.29) is 0 Å². The molecule has 0 radical (unpaired) electrons. The van der Waals surface area contributed by atoms with Gasteiger partial charge in [0.1, 0.15) is 5.75 Å². The first-order valence-corrected chi connectivity index (χ1v) is 4.73. The Kier molecular flexibility index (Phi) is 1.91. The molecule has 1 heterocycles. The van der Waals surface area contributed by atoms with Crippen LogP contribution in [-0.4, -0.2) is 6.10 Å². The molecule has 0 spiro atoms. The molecule has 0 saturated heterocycles. The summed E-state index contributed by atoms with van der Waals surface area (Å²) in [5.74, 6) is 1.56. The van der Waals surface area contributed by atoms with Crippen molar-refractivity contribution in [2.75, 3.05) is 5.73 Å². The van der Waals surface area contributed by atoms with Crippen LogP contribution in [0.5, 0.6) is 5.75 Å². The van der Waals surface area contributed by atoms with E-state index >= 15 is 0 Å². The van der Waals surface area contributed by atoms with Crippen LogP contribution in [0.3, 0.4) is 0 Å². The number of hydrogen-bond donors (Lipinski definition) is 1. The average Bonchev–Trinajstić information content (AvgIpc) is 2.06. The van der Waals surface area contributed by atoms with E-state index in [4.69, 9.17) is 10.5 Å². The molecule has 2 rings (SSSR count). The molecule has 0 aromatic heterocycles. The molecule has 2 N–H and O–H groups in total. The lowest BCUT2D eigenvalue weighted by Gasteiger charge is -2.28. The fourth-order valence-corrected chi connectivity index (χ4v) is 1.95. The summed E-state index contributed by atoms with van der Waals surface area (Å²) in [5, 5.41) is 0. The Morgan fingerprint density at radius 1 is 1.38 bits per heavy atom. The van der Waals surface area contributed by atoms with Gasteiger partial charge in [-0.05, 0) is 43.0 Å². The third-order valence-corrected chi connectivity index (χ3v) is 2.58. The van der Waals surface area contributed by atoms with Gasteiger partial charge in [0.15, 0.2) is 0 Å². The second-order valence-electron chi connectivity index (χ2n) is 3.86. The van der Waals surface area contributed by atoms with Crippen molar-refractivity contribution in [1.29, 1.82) is 0 Å². The predicted octanol–water partition coefficient (Wildman–Crippen LogP) is 2.54. The van der Waals surface area contributed by atoms with Crippen molar-refractivity contribution in [3.05, 3.63) is 23.8 Å². The van der Waals surface area contributed by atoms with Gasteiger partial charge in [-0.15, -0.1) is 0 Å². The third-order valence-electron chi connectivity index (χ3n) is 2.58. The van der Waals surface area contributed by atoms with Gasteiger partial charge in [0.2, 0.25) is 0 Å². The maximum absolute atomic E-state index is 5.72. The number of hydrogen-bond acceptors (Lipinski definition) is 2. The number of fused-ring (bicyclic) bond motifs is 1. The second kappa shape index (κ2) is 2.95. The van der Waals surface area contributed by atoms with E-state index in [1.54, 1.807) is 0 Å². The fourth-order valence-electron chi connectivity index (χ4n) is 1.95. The molecule has 0 saturated carbocycles. The van der Waals surface area contributed by atoms with Gasteiger partial charge in [-0.3, -0.25) is 0 Å². The largest absolute Gasteiger partial charge is 0.490 e. The van der Waals surface area contributed by atoms with Gasteiger partial charge >= 0.3 is 0 Å². The lowest BCUT2D eigenvalue weighted by molar-refractivity contribution is 0.179. The molecule has 1 aromatic rings. The van der Waals surface area contributed by atoms with Gasteiger partial charge < -0.3 is 10.5 Å². The highest BCUT2D eigenvalue weighted by Crippen LogP contribution is 2.36. The van der Waals surface area contributed by atoms with E-state index in [1.165, 1.54) is 5.56 Å². The standard InChI is InChI=1S/C11H15NO/c1-7-5-8(2)13-11-4-3-9(12)6-10(7)11/h3-4,6-8H,5,12H2,1-2H3. The molecule has 2 unspecified atom stereocenters. The third kappa shape index (κ3) is 1.48. The molecule has 0 fully saturated rings. The number of ether oxygens (including phenoxy) is 1. The predicted molar refractivity (Wildman–Crippen MR) is 54.0 cm³/mol. The van der Waals surface area contributed by atoms with E-state index in [0.29, 0.717) is 12.0 Å². The van der Waals surface area contributed by atoms with Crippen molar-refractivity contribution in [2.24, 2.45) is 0 Å². The van der Waals surface area contributed by atoms with Crippen molar-refractivity contribution >= 4 is 5.69 Å². The topological polar surface area (TPSA) is 35.2 Å². The lowest BCUT2D eigenvalue weighted by atomic mass is 9.92. The Morgan fingerprint density at radius 2 is 2.15 bits per heavy atom. The number of rotatable bonds is 0. The zero-order valence-corrected chi connectivity index (χ0v) is 8.08. The average molecular weight is 177 g/mol. The zero-order chi connectivity index (χ0) is 9.42. The molecule has 0 amide bonds. The second-order valence-corrected chi connectivity index (χ2v) is 3.86. The molecule has 0 aliphatic carbocycles. The number of nitrogens with two attached hydrogens (primary N) is 1. The van der Waals surface area contributed by atoms with E-state index in [2.05, 4.69) is 13.8 Å². The zero-order valence-electron chi connectivity index (χ0n) is 8.08. The molecular formula is C11H15NO. The molecule has 1 aliphatic rings. The molecule has 2 atom stereocenters. The normalized spacial score (nSPS) is 26.3. The minimum Gasteiger partial charge on any atom is -0.490 e. The monoisotopic (exact) mass is 177 g/mol. The Morgan fingerprint density at radius 3 is 2.92 bits per heavy atom. The van der Waals surface area contributed by atoms with Crippen LogP contribution in [0.4, 0.5) is 5.69 Å². The highest BCUT2D eigenvalue weighted by atomic mass is 16.5. The van der Waals surface area contributed by atoms with Crippen LogP contribution in [0.25, 0.3) is 0 Å². The summed E-state index contributed by atoms with van der Waals surface area (Å²) in [4.78, 5) is 0. The summed E-state index contributed by atoms with van der Waals surface area (Å²) in [7, 11) is 0. The van der Waals surface area contributed by atoms with Crippen LogP contribution in [0.1, 0.15) is 31.7 Å². The van der Waals surface area contributed by atoms with Crippen LogP contribution in [-0.2, 0) is 0 Å². The summed E-state index contributed by atoms with van der Waals surface area (Å²) in [6.45, 7) is 4.33. The molecule has 1 aromatic carbocycles. The van der Waals surface area contributed by atoms with E-state index in [1.807, 2.05) is 18.2 Å². The molecule has 2 heteroatoms.